The van der Waals surface area contributed by atoms with E-state index in [0.717, 1.165) is 49.2 Å². The minimum absolute atomic E-state index is 0.0777. The normalized spacial score (nSPS) is 20.5. The van der Waals surface area contributed by atoms with E-state index in [-0.39, 0.29) is 18.0 Å². The maximum atomic E-state index is 12.8. The summed E-state index contributed by atoms with van der Waals surface area (Å²) in [6.45, 7) is 4.68. The van der Waals surface area contributed by atoms with Crippen LogP contribution in [-0.4, -0.2) is 66.2 Å². The van der Waals surface area contributed by atoms with E-state index >= 15 is 0 Å². The van der Waals surface area contributed by atoms with Gasteiger partial charge in [0.25, 0.3) is 5.91 Å². The first-order chi connectivity index (χ1) is 18.2. The number of ether oxygens (including phenoxy) is 1. The Kier molecular flexibility index (Phi) is 7.63. The summed E-state index contributed by atoms with van der Waals surface area (Å²) in [5.41, 5.74) is 1.17. The predicted octanol–water partition coefficient (Wildman–Crippen LogP) is 4.17. The van der Waals surface area contributed by atoms with Crippen molar-refractivity contribution in [3.8, 4) is 0 Å². The second kappa shape index (κ2) is 10.9. The third-order valence-electron chi connectivity index (χ3n) is 7.76. The zero-order valence-electron chi connectivity index (χ0n) is 21.2. The fourth-order valence-electron chi connectivity index (χ4n) is 5.47. The van der Waals surface area contributed by atoms with Crippen LogP contribution < -0.4 is 10.6 Å². The van der Waals surface area contributed by atoms with Gasteiger partial charge in [0.1, 0.15) is 5.60 Å². The molecule has 3 heterocycles. The molecule has 204 valence electrons. The number of piperidine rings is 2. The lowest BCUT2D eigenvalue weighted by Gasteiger charge is -2.37. The smallest absolute Gasteiger partial charge is 0.416 e. The van der Waals surface area contributed by atoms with Crippen LogP contribution in [0.5, 0.6) is 0 Å². The summed E-state index contributed by atoms with van der Waals surface area (Å²) >= 11 is 0. The molecular weight excluding hydrogens is 497 g/mol. The van der Waals surface area contributed by atoms with Crippen molar-refractivity contribution in [2.24, 2.45) is 0 Å². The number of hydrogen-bond donors (Lipinski definition) is 2. The standard InChI is InChI=1S/C28H33F3N4O3/c29-28(30,31)23-7-3-20(4-8-23)17-34-15-11-27(12-16-34)19-35(26(37)38-27)18-21-1-5-22(6-2-21)25(36)33-24-9-13-32-14-10-24/h1-8,24,32H,9-19H2,(H,33,36). The second-order valence-electron chi connectivity index (χ2n) is 10.6. The van der Waals surface area contributed by atoms with Gasteiger partial charge in [-0.15, -0.1) is 0 Å². The van der Waals surface area contributed by atoms with Gasteiger partial charge in [-0.2, -0.15) is 13.2 Å². The molecule has 0 saturated carbocycles. The first kappa shape index (κ1) is 26.5. The molecule has 0 unspecified atom stereocenters. The number of halogens is 3. The van der Waals surface area contributed by atoms with Crippen molar-refractivity contribution >= 4 is 12.0 Å². The minimum atomic E-state index is -4.34. The predicted molar refractivity (Wildman–Crippen MR) is 135 cm³/mol. The molecule has 2 N–H and O–H groups in total. The highest BCUT2D eigenvalue weighted by molar-refractivity contribution is 5.94. The number of amides is 2. The molecule has 0 atom stereocenters. The van der Waals surface area contributed by atoms with Crippen molar-refractivity contribution in [3.05, 3.63) is 70.8 Å². The Bertz CT molecular complexity index is 1120. The number of rotatable bonds is 6. The number of nitrogens with one attached hydrogen (secondary N) is 2. The SMILES string of the molecule is O=C(NC1CCNCC1)c1ccc(CN2CC3(CCN(Cc4ccc(C(F)(F)F)cc4)CC3)OC2=O)cc1. The first-order valence-electron chi connectivity index (χ1n) is 13.2. The van der Waals surface area contributed by atoms with Crippen molar-refractivity contribution in [1.82, 2.24) is 20.4 Å². The van der Waals surface area contributed by atoms with Crippen molar-refractivity contribution in [3.63, 3.8) is 0 Å². The van der Waals surface area contributed by atoms with E-state index in [2.05, 4.69) is 15.5 Å². The molecule has 38 heavy (non-hydrogen) atoms. The van der Waals surface area contributed by atoms with Crippen molar-refractivity contribution in [1.29, 1.82) is 0 Å². The lowest BCUT2D eigenvalue weighted by atomic mass is 9.91. The number of carbonyl (C=O) groups is 2. The molecule has 2 aromatic carbocycles. The largest absolute Gasteiger partial charge is 0.441 e. The number of carbonyl (C=O) groups excluding carboxylic acids is 2. The Morgan fingerprint density at radius 2 is 1.58 bits per heavy atom. The number of alkyl halides is 3. The molecule has 1 spiro atoms. The van der Waals surface area contributed by atoms with E-state index < -0.39 is 17.3 Å². The van der Waals surface area contributed by atoms with Crippen LogP contribution in [0.15, 0.2) is 48.5 Å². The van der Waals surface area contributed by atoms with Gasteiger partial charge in [0.15, 0.2) is 0 Å². The summed E-state index contributed by atoms with van der Waals surface area (Å²) in [4.78, 5) is 29.1. The van der Waals surface area contributed by atoms with Gasteiger partial charge >= 0.3 is 12.3 Å². The van der Waals surface area contributed by atoms with Gasteiger partial charge in [-0.3, -0.25) is 14.6 Å². The van der Waals surface area contributed by atoms with Gasteiger partial charge in [0.05, 0.1) is 12.1 Å². The number of hydrogen-bond acceptors (Lipinski definition) is 5. The summed E-state index contributed by atoms with van der Waals surface area (Å²) in [7, 11) is 0. The molecule has 3 aliphatic heterocycles. The van der Waals surface area contributed by atoms with Crippen LogP contribution in [0.4, 0.5) is 18.0 Å². The van der Waals surface area contributed by atoms with Crippen LogP contribution in [0.1, 0.15) is 52.7 Å². The van der Waals surface area contributed by atoms with Crippen molar-refractivity contribution in [2.45, 2.75) is 56.6 Å². The molecule has 0 radical (unpaired) electrons. The van der Waals surface area contributed by atoms with Crippen LogP contribution in [0.3, 0.4) is 0 Å². The van der Waals surface area contributed by atoms with Gasteiger partial charge in [0.2, 0.25) is 0 Å². The molecule has 5 rings (SSSR count). The zero-order valence-corrected chi connectivity index (χ0v) is 21.2. The van der Waals surface area contributed by atoms with Gasteiger partial charge < -0.3 is 15.4 Å². The maximum Gasteiger partial charge on any atom is 0.416 e. The summed E-state index contributed by atoms with van der Waals surface area (Å²) in [6, 6.07) is 12.8. The van der Waals surface area contributed by atoms with E-state index in [4.69, 9.17) is 4.74 Å². The fourth-order valence-corrected chi connectivity index (χ4v) is 5.47. The van der Waals surface area contributed by atoms with E-state index in [1.54, 1.807) is 17.0 Å². The molecule has 2 aromatic rings. The number of benzene rings is 2. The Balaban J connectivity index is 1.11. The van der Waals surface area contributed by atoms with Crippen LogP contribution in [0, 0.1) is 0 Å². The quantitative estimate of drug-likeness (QED) is 0.587. The Labute approximate surface area is 220 Å². The van der Waals surface area contributed by atoms with E-state index in [1.807, 2.05) is 12.1 Å². The highest BCUT2D eigenvalue weighted by atomic mass is 19.4. The Morgan fingerprint density at radius 3 is 2.21 bits per heavy atom. The maximum absolute atomic E-state index is 12.8. The first-order valence-corrected chi connectivity index (χ1v) is 13.2. The van der Waals surface area contributed by atoms with Crippen LogP contribution in [0.25, 0.3) is 0 Å². The van der Waals surface area contributed by atoms with Crippen molar-refractivity contribution < 1.29 is 27.5 Å². The molecule has 3 fully saturated rings. The molecule has 3 saturated heterocycles. The summed E-state index contributed by atoms with van der Waals surface area (Å²) < 4.78 is 44.2. The number of likely N-dealkylation sites (tertiary alicyclic amines) is 1. The van der Waals surface area contributed by atoms with Crippen LogP contribution >= 0.6 is 0 Å². The van der Waals surface area contributed by atoms with Crippen molar-refractivity contribution in [2.75, 3.05) is 32.7 Å². The fraction of sp³-hybridized carbons (Fsp3) is 0.500. The Morgan fingerprint density at radius 1 is 0.974 bits per heavy atom. The highest BCUT2D eigenvalue weighted by Gasteiger charge is 2.46. The van der Waals surface area contributed by atoms with Gasteiger partial charge in [-0.1, -0.05) is 24.3 Å². The molecular formula is C28H33F3N4O3. The van der Waals surface area contributed by atoms with Crippen LogP contribution in [0.2, 0.25) is 0 Å². The molecule has 0 aliphatic carbocycles. The molecule has 10 heteroatoms. The summed E-state index contributed by atoms with van der Waals surface area (Å²) in [6.07, 6.45) is -1.48. The Hall–Kier alpha value is -3.11. The van der Waals surface area contributed by atoms with E-state index in [9.17, 15) is 22.8 Å². The topological polar surface area (TPSA) is 73.9 Å². The van der Waals surface area contributed by atoms with Gasteiger partial charge in [0, 0.05) is 50.6 Å². The third kappa shape index (κ3) is 6.30. The van der Waals surface area contributed by atoms with E-state index in [1.165, 1.54) is 12.1 Å². The molecule has 7 nitrogen and oxygen atoms in total. The lowest BCUT2D eigenvalue weighted by molar-refractivity contribution is -0.137. The highest BCUT2D eigenvalue weighted by Crippen LogP contribution is 2.35. The summed E-state index contributed by atoms with van der Waals surface area (Å²) in [5, 5.41) is 6.37. The van der Waals surface area contributed by atoms with E-state index in [0.29, 0.717) is 51.1 Å². The molecule has 3 aliphatic rings. The zero-order chi connectivity index (χ0) is 26.8. The summed E-state index contributed by atoms with van der Waals surface area (Å²) in [5.74, 6) is -0.0777. The average Bonchev–Trinajstić information content (AvgIpc) is 3.20. The minimum Gasteiger partial charge on any atom is -0.441 e. The molecule has 0 aromatic heterocycles. The molecule has 0 bridgehead atoms. The monoisotopic (exact) mass is 530 g/mol. The van der Waals surface area contributed by atoms with Gasteiger partial charge in [-0.05, 0) is 61.3 Å². The second-order valence-corrected chi connectivity index (χ2v) is 10.6. The van der Waals surface area contributed by atoms with Gasteiger partial charge in [-0.25, -0.2) is 4.79 Å². The lowest BCUT2D eigenvalue weighted by Crippen LogP contribution is -2.46. The average molecular weight is 531 g/mol. The number of nitrogens with zero attached hydrogens (tertiary/aromatic N) is 2. The molecule has 2 amide bonds. The third-order valence-corrected chi connectivity index (χ3v) is 7.76. The van der Waals surface area contributed by atoms with Crippen LogP contribution in [-0.2, 0) is 24.0 Å².